The van der Waals surface area contributed by atoms with E-state index in [1.807, 2.05) is 20.8 Å². The van der Waals surface area contributed by atoms with Crippen LogP contribution in [0.3, 0.4) is 0 Å². The van der Waals surface area contributed by atoms with Crippen LogP contribution in [-0.2, 0) is 14.3 Å². The highest BCUT2D eigenvalue weighted by Gasteiger charge is 2.56. The molecule has 0 radical (unpaired) electrons. The third kappa shape index (κ3) is 3.44. The molecule has 0 amide bonds. The first-order valence-corrected chi connectivity index (χ1v) is 8.60. The Morgan fingerprint density at radius 3 is 2.43 bits per heavy atom. The Bertz CT molecular complexity index is 378. The molecule has 3 heteroatoms. The van der Waals surface area contributed by atoms with Crippen molar-refractivity contribution in [3.05, 3.63) is 0 Å². The van der Waals surface area contributed by atoms with Crippen LogP contribution in [0.1, 0.15) is 73.6 Å². The van der Waals surface area contributed by atoms with Crippen LogP contribution in [0, 0.1) is 17.8 Å². The summed E-state index contributed by atoms with van der Waals surface area (Å²) in [6.45, 7) is 12.8. The molecule has 1 saturated carbocycles. The summed E-state index contributed by atoms with van der Waals surface area (Å²) in [5.41, 5.74) is -0.877. The predicted molar refractivity (Wildman–Crippen MR) is 84.0 cm³/mol. The molecule has 0 bridgehead atoms. The van der Waals surface area contributed by atoms with Gasteiger partial charge < -0.3 is 9.47 Å². The van der Waals surface area contributed by atoms with Gasteiger partial charge in [0.25, 0.3) is 0 Å². The largest absolute Gasteiger partial charge is 0.460 e. The highest BCUT2D eigenvalue weighted by Crippen LogP contribution is 2.45. The molecule has 2 rings (SSSR count). The zero-order valence-corrected chi connectivity index (χ0v) is 14.6. The van der Waals surface area contributed by atoms with Gasteiger partial charge in [0.1, 0.15) is 6.10 Å². The van der Waals surface area contributed by atoms with Gasteiger partial charge in [0.05, 0.1) is 5.60 Å². The Morgan fingerprint density at radius 2 is 1.95 bits per heavy atom. The SMILES string of the molecule is CC[C@@]1(C(=O)OC2CC(C)CC[C@@H]2C(C)C)CC(C)(C)O1. The van der Waals surface area contributed by atoms with E-state index in [2.05, 4.69) is 20.8 Å². The molecule has 0 aromatic heterocycles. The van der Waals surface area contributed by atoms with Gasteiger partial charge in [0, 0.05) is 6.42 Å². The maximum absolute atomic E-state index is 12.7. The van der Waals surface area contributed by atoms with E-state index in [1.165, 1.54) is 12.8 Å². The quantitative estimate of drug-likeness (QED) is 0.724. The Hall–Kier alpha value is -0.570. The molecule has 2 aliphatic rings. The van der Waals surface area contributed by atoms with Crippen molar-refractivity contribution in [3.8, 4) is 0 Å². The van der Waals surface area contributed by atoms with E-state index in [1.54, 1.807) is 0 Å². The monoisotopic (exact) mass is 296 g/mol. The summed E-state index contributed by atoms with van der Waals surface area (Å²) >= 11 is 0. The first kappa shape index (κ1) is 16.8. The number of hydrogen-bond acceptors (Lipinski definition) is 3. The molecule has 0 aromatic carbocycles. The van der Waals surface area contributed by atoms with E-state index in [0.717, 1.165) is 12.8 Å². The Labute approximate surface area is 129 Å². The molecule has 0 N–H and O–H groups in total. The van der Waals surface area contributed by atoms with Gasteiger partial charge in [-0.2, -0.15) is 0 Å². The van der Waals surface area contributed by atoms with Gasteiger partial charge in [-0.25, -0.2) is 4.79 Å². The van der Waals surface area contributed by atoms with Crippen LogP contribution in [-0.4, -0.2) is 23.3 Å². The summed E-state index contributed by atoms with van der Waals surface area (Å²) in [4.78, 5) is 12.7. The van der Waals surface area contributed by atoms with E-state index in [4.69, 9.17) is 9.47 Å². The Balaban J connectivity index is 2.03. The highest BCUT2D eigenvalue weighted by molar-refractivity contribution is 5.81. The van der Waals surface area contributed by atoms with E-state index < -0.39 is 5.60 Å². The molecule has 21 heavy (non-hydrogen) atoms. The molecule has 3 nitrogen and oxygen atoms in total. The number of rotatable bonds is 4. The number of hydrogen-bond donors (Lipinski definition) is 0. The third-order valence-corrected chi connectivity index (χ3v) is 5.35. The first-order valence-electron chi connectivity index (χ1n) is 8.60. The summed E-state index contributed by atoms with van der Waals surface area (Å²) < 4.78 is 11.9. The summed E-state index contributed by atoms with van der Waals surface area (Å²) in [6, 6.07) is 0. The summed E-state index contributed by atoms with van der Waals surface area (Å²) in [5.74, 6) is 1.57. The van der Waals surface area contributed by atoms with Gasteiger partial charge in [-0.15, -0.1) is 0 Å². The van der Waals surface area contributed by atoms with Gasteiger partial charge in [-0.05, 0) is 50.9 Å². The summed E-state index contributed by atoms with van der Waals surface area (Å²) in [6.07, 6.45) is 4.95. The van der Waals surface area contributed by atoms with Crippen molar-refractivity contribution in [2.75, 3.05) is 0 Å². The summed E-state index contributed by atoms with van der Waals surface area (Å²) in [7, 11) is 0. The van der Waals surface area contributed by atoms with Crippen LogP contribution in [0.4, 0.5) is 0 Å². The van der Waals surface area contributed by atoms with E-state index in [0.29, 0.717) is 24.2 Å². The number of carbonyl (C=O) groups excluding carboxylic acids is 1. The topological polar surface area (TPSA) is 35.5 Å². The van der Waals surface area contributed by atoms with Gasteiger partial charge in [-0.1, -0.05) is 34.1 Å². The molecule has 2 unspecified atom stereocenters. The second-order valence-electron chi connectivity index (χ2n) is 8.16. The normalized spacial score (nSPS) is 38.9. The molecule has 4 atom stereocenters. The maximum atomic E-state index is 12.7. The van der Waals surface area contributed by atoms with Crippen LogP contribution >= 0.6 is 0 Å². The fraction of sp³-hybridized carbons (Fsp3) is 0.944. The van der Waals surface area contributed by atoms with E-state index >= 15 is 0 Å². The molecule has 1 aliphatic heterocycles. The fourth-order valence-electron chi connectivity index (χ4n) is 4.16. The molecule has 0 aromatic rings. The van der Waals surface area contributed by atoms with Gasteiger partial charge in [-0.3, -0.25) is 0 Å². The molecule has 122 valence electrons. The Kier molecular flexibility index (Phi) is 4.72. The Morgan fingerprint density at radius 1 is 1.33 bits per heavy atom. The van der Waals surface area contributed by atoms with Crippen LogP contribution < -0.4 is 0 Å². The number of carbonyl (C=O) groups is 1. The lowest BCUT2D eigenvalue weighted by atomic mass is 9.75. The number of esters is 1. The maximum Gasteiger partial charge on any atom is 0.338 e. The lowest BCUT2D eigenvalue weighted by Crippen LogP contribution is -2.62. The minimum Gasteiger partial charge on any atom is -0.460 e. The fourth-order valence-corrected chi connectivity index (χ4v) is 4.16. The van der Waals surface area contributed by atoms with Crippen molar-refractivity contribution in [1.29, 1.82) is 0 Å². The third-order valence-electron chi connectivity index (χ3n) is 5.35. The van der Waals surface area contributed by atoms with Crippen molar-refractivity contribution in [2.24, 2.45) is 17.8 Å². The lowest BCUT2D eigenvalue weighted by Gasteiger charge is -2.51. The van der Waals surface area contributed by atoms with Crippen LogP contribution in [0.25, 0.3) is 0 Å². The molecule has 2 fully saturated rings. The molecular formula is C18H32O3. The van der Waals surface area contributed by atoms with Crippen LogP contribution in [0.15, 0.2) is 0 Å². The molecule has 1 heterocycles. The zero-order chi connectivity index (χ0) is 15.8. The smallest absolute Gasteiger partial charge is 0.338 e. The van der Waals surface area contributed by atoms with Gasteiger partial charge in [0.2, 0.25) is 0 Å². The molecule has 0 spiro atoms. The van der Waals surface area contributed by atoms with Gasteiger partial charge in [0.15, 0.2) is 5.60 Å². The standard InChI is InChI=1S/C18H32O3/c1-7-18(11-17(5,6)21-18)16(19)20-15-10-13(4)8-9-14(15)12(2)3/h12-15H,7-11H2,1-6H3/t13?,14-,15?,18+/m1/s1. The van der Waals surface area contributed by atoms with E-state index in [9.17, 15) is 4.79 Å². The summed E-state index contributed by atoms with van der Waals surface area (Å²) in [5, 5.41) is 0. The average Bonchev–Trinajstić information content (AvgIpc) is 2.34. The minimum atomic E-state index is -0.689. The highest BCUT2D eigenvalue weighted by atomic mass is 16.6. The molecular weight excluding hydrogens is 264 g/mol. The van der Waals surface area contributed by atoms with Crippen molar-refractivity contribution in [1.82, 2.24) is 0 Å². The molecule has 1 saturated heterocycles. The van der Waals surface area contributed by atoms with Crippen molar-refractivity contribution in [2.45, 2.75) is 91.0 Å². The van der Waals surface area contributed by atoms with Crippen LogP contribution in [0.2, 0.25) is 0 Å². The van der Waals surface area contributed by atoms with Crippen molar-refractivity contribution < 1.29 is 14.3 Å². The average molecular weight is 296 g/mol. The van der Waals surface area contributed by atoms with Gasteiger partial charge >= 0.3 is 5.97 Å². The zero-order valence-electron chi connectivity index (χ0n) is 14.6. The second-order valence-corrected chi connectivity index (χ2v) is 8.16. The minimum absolute atomic E-state index is 0.0667. The predicted octanol–water partition coefficient (Wildman–Crippen LogP) is 4.34. The lowest BCUT2D eigenvalue weighted by molar-refractivity contribution is -0.266. The van der Waals surface area contributed by atoms with Crippen molar-refractivity contribution in [3.63, 3.8) is 0 Å². The van der Waals surface area contributed by atoms with Crippen molar-refractivity contribution >= 4 is 5.97 Å². The number of ether oxygens (including phenoxy) is 2. The molecule has 1 aliphatic carbocycles. The first-order chi connectivity index (χ1) is 9.69. The van der Waals surface area contributed by atoms with Crippen LogP contribution in [0.5, 0.6) is 0 Å². The van der Waals surface area contributed by atoms with E-state index in [-0.39, 0.29) is 17.7 Å². The second kappa shape index (κ2) is 5.91.